The molecule has 33 heavy (non-hydrogen) atoms. The number of hydrogen-bond donors (Lipinski definition) is 1. The number of hydrogen-bond acceptors (Lipinski definition) is 8. The molecule has 0 spiro atoms. The number of alkyl halides is 3. The standard InChI is InChI=1S/C19H11ClF3N5O3S2/c20-15-8-13(33(29,30)28-18-24-10-27-32-18)2-4-17(15)31-16-3-1-12(19(21,22)23)7-14(16)11-5-6-25-26-9-11/h1-10H,(H,24,27,28). The van der Waals surface area contributed by atoms with Gasteiger partial charge in [0.05, 0.1) is 27.9 Å². The maximum atomic E-state index is 13.2. The zero-order valence-corrected chi connectivity index (χ0v) is 18.5. The van der Waals surface area contributed by atoms with Crippen LogP contribution in [0.25, 0.3) is 11.1 Å². The quantitative estimate of drug-likeness (QED) is 0.374. The Balaban J connectivity index is 1.68. The maximum absolute atomic E-state index is 13.2. The monoisotopic (exact) mass is 513 g/mol. The first-order valence-corrected chi connectivity index (χ1v) is 11.5. The molecule has 14 heteroatoms. The third-order valence-electron chi connectivity index (χ3n) is 4.22. The van der Waals surface area contributed by atoms with E-state index in [1.165, 1.54) is 36.9 Å². The summed E-state index contributed by atoms with van der Waals surface area (Å²) in [6.07, 6.45) is -0.747. The van der Waals surface area contributed by atoms with Crippen molar-refractivity contribution in [1.82, 2.24) is 19.6 Å². The fraction of sp³-hybridized carbons (Fsp3) is 0.0526. The summed E-state index contributed by atoms with van der Waals surface area (Å²) >= 11 is 7.08. The van der Waals surface area contributed by atoms with Crippen LogP contribution in [0.5, 0.6) is 11.5 Å². The first kappa shape index (κ1) is 22.9. The minimum Gasteiger partial charge on any atom is -0.455 e. The Morgan fingerprint density at radius 2 is 1.82 bits per heavy atom. The fourth-order valence-electron chi connectivity index (χ4n) is 2.71. The minimum absolute atomic E-state index is 0.0366. The topological polar surface area (TPSA) is 107 Å². The van der Waals surface area contributed by atoms with Crippen LogP contribution in [0.15, 0.2) is 66.1 Å². The third-order valence-corrected chi connectivity index (χ3v) is 6.56. The van der Waals surface area contributed by atoms with Crippen LogP contribution in [0.3, 0.4) is 0 Å². The lowest BCUT2D eigenvalue weighted by Crippen LogP contribution is -2.12. The van der Waals surface area contributed by atoms with E-state index in [1.807, 2.05) is 0 Å². The van der Waals surface area contributed by atoms with Gasteiger partial charge >= 0.3 is 6.18 Å². The van der Waals surface area contributed by atoms with Gasteiger partial charge in [0.1, 0.15) is 17.8 Å². The Labute approximate surface area is 194 Å². The number of benzene rings is 2. The first-order valence-electron chi connectivity index (χ1n) is 8.89. The molecule has 2 aromatic carbocycles. The van der Waals surface area contributed by atoms with E-state index < -0.39 is 21.8 Å². The summed E-state index contributed by atoms with van der Waals surface area (Å²) in [4.78, 5) is 3.59. The van der Waals surface area contributed by atoms with E-state index in [0.717, 1.165) is 35.8 Å². The highest BCUT2D eigenvalue weighted by Crippen LogP contribution is 2.40. The highest BCUT2D eigenvalue weighted by molar-refractivity contribution is 7.93. The van der Waals surface area contributed by atoms with E-state index in [0.29, 0.717) is 5.56 Å². The SMILES string of the molecule is O=S(=O)(Nc1ncns1)c1ccc(Oc2ccc(C(F)(F)F)cc2-c2ccnnc2)c(Cl)c1. The zero-order chi connectivity index (χ0) is 23.6. The predicted molar refractivity (Wildman–Crippen MR) is 115 cm³/mol. The number of ether oxygens (including phenoxy) is 1. The summed E-state index contributed by atoms with van der Waals surface area (Å²) in [6.45, 7) is 0. The Kier molecular flexibility index (Phi) is 6.19. The second-order valence-corrected chi connectivity index (χ2v) is 9.26. The van der Waals surface area contributed by atoms with Crippen molar-refractivity contribution in [2.24, 2.45) is 0 Å². The molecule has 2 heterocycles. The molecule has 0 saturated heterocycles. The third kappa shape index (κ3) is 5.21. The molecule has 0 atom stereocenters. The van der Waals surface area contributed by atoms with Gasteiger partial charge in [-0.25, -0.2) is 13.4 Å². The van der Waals surface area contributed by atoms with Crippen molar-refractivity contribution >= 4 is 38.3 Å². The van der Waals surface area contributed by atoms with Crippen LogP contribution in [-0.4, -0.2) is 28.0 Å². The Hall–Kier alpha value is -3.29. The number of sulfonamides is 1. The molecule has 170 valence electrons. The molecular weight excluding hydrogens is 503 g/mol. The molecule has 1 N–H and O–H groups in total. The van der Waals surface area contributed by atoms with Gasteiger partial charge in [0, 0.05) is 22.7 Å². The zero-order valence-electron chi connectivity index (χ0n) is 16.1. The number of aromatic nitrogens is 4. The van der Waals surface area contributed by atoms with Crippen LogP contribution in [0, 0.1) is 0 Å². The lowest BCUT2D eigenvalue weighted by atomic mass is 10.0. The molecule has 0 aliphatic heterocycles. The molecule has 4 rings (SSSR count). The highest BCUT2D eigenvalue weighted by Gasteiger charge is 2.31. The van der Waals surface area contributed by atoms with Crippen molar-refractivity contribution < 1.29 is 26.3 Å². The van der Waals surface area contributed by atoms with Gasteiger partial charge < -0.3 is 4.74 Å². The molecular formula is C19H11ClF3N5O3S2. The van der Waals surface area contributed by atoms with E-state index in [1.54, 1.807) is 0 Å². The van der Waals surface area contributed by atoms with Gasteiger partial charge in [0.25, 0.3) is 10.0 Å². The van der Waals surface area contributed by atoms with E-state index in [-0.39, 0.29) is 32.1 Å². The van der Waals surface area contributed by atoms with E-state index in [9.17, 15) is 21.6 Å². The average Bonchev–Trinajstić information content (AvgIpc) is 3.27. The first-order chi connectivity index (χ1) is 15.6. The van der Waals surface area contributed by atoms with Crippen molar-refractivity contribution in [2.45, 2.75) is 11.1 Å². The van der Waals surface area contributed by atoms with Crippen molar-refractivity contribution in [1.29, 1.82) is 0 Å². The summed E-state index contributed by atoms with van der Waals surface area (Å²) in [5.41, 5.74) is -0.440. The lowest BCUT2D eigenvalue weighted by molar-refractivity contribution is -0.137. The Morgan fingerprint density at radius 3 is 2.45 bits per heavy atom. The summed E-state index contributed by atoms with van der Waals surface area (Å²) < 4.78 is 76.4. The Morgan fingerprint density at radius 1 is 1.03 bits per heavy atom. The molecule has 8 nitrogen and oxygen atoms in total. The summed E-state index contributed by atoms with van der Waals surface area (Å²) in [5.74, 6) is 0.0926. The van der Waals surface area contributed by atoms with Crippen LogP contribution >= 0.6 is 23.1 Å². The highest BCUT2D eigenvalue weighted by atomic mass is 35.5. The largest absolute Gasteiger partial charge is 0.455 e. The number of halogens is 4. The molecule has 0 aliphatic carbocycles. The maximum Gasteiger partial charge on any atom is 0.416 e. The smallest absolute Gasteiger partial charge is 0.416 e. The van der Waals surface area contributed by atoms with Crippen LogP contribution in [-0.2, 0) is 16.2 Å². The second kappa shape index (κ2) is 8.92. The summed E-state index contributed by atoms with van der Waals surface area (Å²) in [6, 6.07) is 8.10. The van der Waals surface area contributed by atoms with Crippen molar-refractivity contribution in [3.8, 4) is 22.6 Å². The van der Waals surface area contributed by atoms with Gasteiger partial charge in [-0.3, -0.25) is 4.72 Å². The summed E-state index contributed by atoms with van der Waals surface area (Å²) in [7, 11) is -3.99. The van der Waals surface area contributed by atoms with Crippen molar-refractivity contribution in [2.75, 3.05) is 4.72 Å². The molecule has 0 saturated carbocycles. The molecule has 2 aromatic heterocycles. The summed E-state index contributed by atoms with van der Waals surface area (Å²) in [5, 5.41) is 7.32. The number of anilines is 1. The van der Waals surface area contributed by atoms with Gasteiger partial charge in [0.2, 0.25) is 5.13 Å². The molecule has 0 amide bonds. The normalized spacial score (nSPS) is 11.9. The lowest BCUT2D eigenvalue weighted by Gasteiger charge is -2.15. The van der Waals surface area contributed by atoms with Gasteiger partial charge in [-0.05, 0) is 42.5 Å². The van der Waals surface area contributed by atoms with Gasteiger partial charge in [-0.2, -0.15) is 27.7 Å². The van der Waals surface area contributed by atoms with E-state index in [4.69, 9.17) is 16.3 Å². The fourth-order valence-corrected chi connectivity index (χ4v) is 4.68. The van der Waals surface area contributed by atoms with Crippen molar-refractivity contribution in [3.05, 3.63) is 71.8 Å². The van der Waals surface area contributed by atoms with Crippen molar-refractivity contribution in [3.63, 3.8) is 0 Å². The van der Waals surface area contributed by atoms with E-state index in [2.05, 4.69) is 24.3 Å². The van der Waals surface area contributed by atoms with Crippen LogP contribution in [0.4, 0.5) is 18.3 Å². The van der Waals surface area contributed by atoms with Gasteiger partial charge in [0.15, 0.2) is 0 Å². The van der Waals surface area contributed by atoms with Gasteiger partial charge in [-0.15, -0.1) is 0 Å². The van der Waals surface area contributed by atoms with Crippen LogP contribution < -0.4 is 9.46 Å². The second-order valence-electron chi connectivity index (χ2n) is 6.39. The molecule has 0 bridgehead atoms. The van der Waals surface area contributed by atoms with Gasteiger partial charge in [-0.1, -0.05) is 11.6 Å². The molecule has 4 aromatic rings. The predicted octanol–water partition coefficient (Wildman–Crippen LogP) is 5.26. The molecule has 0 unspecified atom stereocenters. The number of nitrogens with one attached hydrogen (secondary N) is 1. The Bertz CT molecular complexity index is 1390. The minimum atomic E-state index is -4.57. The number of nitrogens with zero attached hydrogens (tertiary/aromatic N) is 4. The molecule has 0 radical (unpaired) electrons. The van der Waals surface area contributed by atoms with E-state index >= 15 is 0 Å². The number of rotatable bonds is 6. The molecule has 0 aliphatic rings. The van der Waals surface area contributed by atoms with Crippen LogP contribution in [0.2, 0.25) is 5.02 Å². The average molecular weight is 514 g/mol. The van der Waals surface area contributed by atoms with Crippen LogP contribution in [0.1, 0.15) is 5.56 Å². The molecule has 0 fully saturated rings.